The summed E-state index contributed by atoms with van der Waals surface area (Å²) in [6, 6.07) is 22.8. The molecule has 7 rings (SSSR count). The standard InChI is InChI=1S/C29H24BrNO4/c1-16(2)15-35-28(34)17-8-7-9-18(14-17)31-26(32)24-23-19-10-3-5-12-21(19)29(30,25(24)27(31)33)22-13-6-4-11-20(22)23/h3-14,16,23-25H,15H2,1-2H3/t23?,24-,25-,29?/m1/s1. The molecule has 2 atom stereocenters. The van der Waals surface area contributed by atoms with E-state index in [-0.39, 0.29) is 23.7 Å². The largest absolute Gasteiger partial charge is 0.462 e. The lowest BCUT2D eigenvalue weighted by atomic mass is 9.55. The molecule has 35 heavy (non-hydrogen) atoms. The Bertz CT molecular complexity index is 1350. The van der Waals surface area contributed by atoms with Crippen LogP contribution in [0.25, 0.3) is 0 Å². The number of hydrogen-bond acceptors (Lipinski definition) is 4. The number of ether oxygens (including phenoxy) is 1. The second-order valence-corrected chi connectivity index (χ2v) is 11.2. The molecule has 0 radical (unpaired) electrons. The lowest BCUT2D eigenvalue weighted by molar-refractivity contribution is -0.122. The maximum absolute atomic E-state index is 14.0. The number of esters is 1. The molecular weight excluding hydrogens is 506 g/mol. The molecule has 1 aliphatic heterocycles. The van der Waals surface area contributed by atoms with Crippen LogP contribution in [0, 0.1) is 17.8 Å². The third kappa shape index (κ3) is 3.02. The second-order valence-electron chi connectivity index (χ2n) is 9.92. The lowest BCUT2D eigenvalue weighted by Crippen LogP contribution is -2.50. The van der Waals surface area contributed by atoms with E-state index in [4.69, 9.17) is 4.74 Å². The minimum absolute atomic E-state index is 0.201. The summed E-state index contributed by atoms with van der Waals surface area (Å²) in [5.74, 6) is -2.05. The highest BCUT2D eigenvalue weighted by atomic mass is 79.9. The van der Waals surface area contributed by atoms with Crippen LogP contribution in [0.5, 0.6) is 0 Å². The number of alkyl halides is 1. The van der Waals surface area contributed by atoms with E-state index in [9.17, 15) is 14.4 Å². The van der Waals surface area contributed by atoms with Crippen molar-refractivity contribution in [1.82, 2.24) is 0 Å². The van der Waals surface area contributed by atoms with Crippen molar-refractivity contribution < 1.29 is 19.1 Å². The van der Waals surface area contributed by atoms with Crippen LogP contribution in [0.3, 0.4) is 0 Å². The number of carbonyl (C=O) groups excluding carboxylic acids is 3. The van der Waals surface area contributed by atoms with Gasteiger partial charge in [-0.05, 0) is 46.4 Å². The van der Waals surface area contributed by atoms with Crippen LogP contribution < -0.4 is 4.90 Å². The van der Waals surface area contributed by atoms with Crippen molar-refractivity contribution in [3.8, 4) is 0 Å². The number of carbonyl (C=O) groups is 3. The summed E-state index contributed by atoms with van der Waals surface area (Å²) in [6.45, 7) is 4.24. The highest BCUT2D eigenvalue weighted by molar-refractivity contribution is 9.09. The predicted octanol–water partition coefficient (Wildman–Crippen LogP) is 5.40. The van der Waals surface area contributed by atoms with E-state index in [0.717, 1.165) is 22.3 Å². The summed E-state index contributed by atoms with van der Waals surface area (Å²) < 4.78 is 4.57. The molecule has 1 fully saturated rings. The molecule has 176 valence electrons. The van der Waals surface area contributed by atoms with Crippen molar-refractivity contribution in [2.75, 3.05) is 11.5 Å². The van der Waals surface area contributed by atoms with Gasteiger partial charge in [-0.25, -0.2) is 9.69 Å². The van der Waals surface area contributed by atoms with E-state index in [1.54, 1.807) is 24.3 Å². The maximum atomic E-state index is 14.0. The average Bonchev–Trinajstić information content (AvgIpc) is 3.14. The zero-order valence-corrected chi connectivity index (χ0v) is 21.0. The number of imide groups is 1. The second kappa shape index (κ2) is 7.89. The molecule has 0 spiro atoms. The molecule has 2 bridgehead atoms. The van der Waals surface area contributed by atoms with Gasteiger partial charge >= 0.3 is 5.97 Å². The van der Waals surface area contributed by atoms with E-state index < -0.39 is 22.1 Å². The molecule has 3 aromatic carbocycles. The fourth-order valence-electron chi connectivity index (χ4n) is 6.03. The first-order valence-electron chi connectivity index (χ1n) is 11.9. The number of hydrogen-bond donors (Lipinski definition) is 0. The van der Waals surface area contributed by atoms with Gasteiger partial charge in [0.25, 0.3) is 0 Å². The molecule has 3 aromatic rings. The molecule has 6 heteroatoms. The highest BCUT2D eigenvalue weighted by Gasteiger charge is 2.67. The smallest absolute Gasteiger partial charge is 0.338 e. The Morgan fingerprint density at radius 1 is 0.943 bits per heavy atom. The predicted molar refractivity (Wildman–Crippen MR) is 135 cm³/mol. The SMILES string of the molecule is CC(C)COC(=O)c1cccc(N2C(=O)[C@@H]3C4c5ccccc5C(Br)(c5ccccc54)[C@H]3C2=O)c1. The van der Waals surface area contributed by atoms with Crippen LogP contribution >= 0.6 is 15.9 Å². The van der Waals surface area contributed by atoms with Gasteiger partial charge in [-0.2, -0.15) is 0 Å². The van der Waals surface area contributed by atoms with Gasteiger partial charge < -0.3 is 4.74 Å². The zero-order valence-electron chi connectivity index (χ0n) is 19.4. The third-order valence-corrected chi connectivity index (χ3v) is 8.75. The van der Waals surface area contributed by atoms with Crippen LogP contribution in [0.15, 0.2) is 72.8 Å². The Balaban J connectivity index is 1.45. The number of nitrogens with zero attached hydrogens (tertiary/aromatic N) is 1. The Labute approximate surface area is 212 Å². The summed E-state index contributed by atoms with van der Waals surface area (Å²) in [5.41, 5.74) is 4.97. The zero-order chi connectivity index (χ0) is 24.5. The van der Waals surface area contributed by atoms with Gasteiger partial charge in [-0.3, -0.25) is 9.59 Å². The van der Waals surface area contributed by atoms with Crippen LogP contribution in [0.2, 0.25) is 0 Å². The van der Waals surface area contributed by atoms with E-state index in [1.807, 2.05) is 38.1 Å². The molecule has 0 aromatic heterocycles. The van der Waals surface area contributed by atoms with Crippen molar-refractivity contribution in [3.05, 3.63) is 101 Å². The average molecular weight is 530 g/mol. The third-order valence-electron chi connectivity index (χ3n) is 7.40. The van der Waals surface area contributed by atoms with Gasteiger partial charge in [0.05, 0.1) is 34.0 Å². The van der Waals surface area contributed by atoms with Gasteiger partial charge in [0.1, 0.15) is 0 Å². The van der Waals surface area contributed by atoms with Crippen LogP contribution in [0.4, 0.5) is 5.69 Å². The van der Waals surface area contributed by atoms with Crippen molar-refractivity contribution in [2.24, 2.45) is 17.8 Å². The van der Waals surface area contributed by atoms with Crippen molar-refractivity contribution in [1.29, 1.82) is 0 Å². The molecule has 1 heterocycles. The first-order valence-corrected chi connectivity index (χ1v) is 12.7. The Morgan fingerprint density at radius 3 is 2.20 bits per heavy atom. The molecule has 0 N–H and O–H groups in total. The van der Waals surface area contributed by atoms with Gasteiger partial charge in [0, 0.05) is 5.92 Å². The van der Waals surface area contributed by atoms with E-state index >= 15 is 0 Å². The fourth-order valence-corrected chi connectivity index (χ4v) is 7.23. The van der Waals surface area contributed by atoms with Gasteiger partial charge in [-0.15, -0.1) is 0 Å². The lowest BCUT2D eigenvalue weighted by Gasteiger charge is -2.51. The molecular formula is C29H24BrNO4. The van der Waals surface area contributed by atoms with Crippen molar-refractivity contribution in [2.45, 2.75) is 24.1 Å². The minimum atomic E-state index is -0.797. The summed E-state index contributed by atoms with van der Waals surface area (Å²) in [6.07, 6.45) is 0. The quantitative estimate of drug-likeness (QED) is 0.258. The van der Waals surface area contributed by atoms with Crippen molar-refractivity contribution >= 4 is 39.4 Å². The normalized spacial score (nSPS) is 25.9. The summed E-state index contributed by atoms with van der Waals surface area (Å²) >= 11 is 4.00. The number of benzene rings is 3. The molecule has 5 nitrogen and oxygen atoms in total. The van der Waals surface area contributed by atoms with Crippen LogP contribution in [0.1, 0.15) is 52.4 Å². The number of anilines is 1. The summed E-state index contributed by atoms with van der Waals surface area (Å²) in [5, 5.41) is 0. The van der Waals surface area contributed by atoms with Gasteiger partial charge in [0.2, 0.25) is 11.8 Å². The Morgan fingerprint density at radius 2 is 1.57 bits per heavy atom. The van der Waals surface area contributed by atoms with Crippen LogP contribution in [-0.2, 0) is 18.7 Å². The topological polar surface area (TPSA) is 63.7 Å². The minimum Gasteiger partial charge on any atom is -0.462 e. The Kier molecular flexibility index (Phi) is 5.01. The van der Waals surface area contributed by atoms with Crippen molar-refractivity contribution in [3.63, 3.8) is 0 Å². The fraction of sp³-hybridized carbons (Fsp3) is 0.276. The molecule has 2 amide bonds. The van der Waals surface area contributed by atoms with E-state index in [2.05, 4.69) is 40.2 Å². The maximum Gasteiger partial charge on any atom is 0.338 e. The molecule has 1 saturated heterocycles. The van der Waals surface area contributed by atoms with E-state index in [0.29, 0.717) is 17.9 Å². The van der Waals surface area contributed by atoms with E-state index in [1.165, 1.54) is 4.90 Å². The van der Waals surface area contributed by atoms with Gasteiger partial charge in [-0.1, -0.05) is 84.4 Å². The number of amides is 2. The van der Waals surface area contributed by atoms with Crippen LogP contribution in [-0.4, -0.2) is 24.4 Å². The summed E-state index contributed by atoms with van der Waals surface area (Å²) in [7, 11) is 0. The first kappa shape index (κ1) is 22.2. The summed E-state index contributed by atoms with van der Waals surface area (Å²) in [4.78, 5) is 41.8. The first-order chi connectivity index (χ1) is 16.8. The number of halogens is 1. The molecule has 0 unspecified atom stereocenters. The molecule has 3 aliphatic carbocycles. The molecule has 4 aliphatic rings. The molecule has 0 saturated carbocycles. The monoisotopic (exact) mass is 529 g/mol. The number of rotatable bonds is 4. The van der Waals surface area contributed by atoms with Gasteiger partial charge in [0.15, 0.2) is 0 Å². The Hall–Kier alpha value is -3.25. The highest BCUT2D eigenvalue weighted by Crippen LogP contribution is 2.66.